The lowest BCUT2D eigenvalue weighted by atomic mass is 10.2. The summed E-state index contributed by atoms with van der Waals surface area (Å²) in [5, 5.41) is 3.23. The van der Waals surface area contributed by atoms with E-state index in [1.807, 2.05) is 0 Å². The molecule has 1 aromatic heterocycles. The predicted octanol–water partition coefficient (Wildman–Crippen LogP) is 0.980. The molecule has 4 heteroatoms. The van der Waals surface area contributed by atoms with E-state index in [-0.39, 0.29) is 5.56 Å². The van der Waals surface area contributed by atoms with Crippen molar-refractivity contribution in [3.8, 4) is 0 Å². The average molecular weight is 179 g/mol. The second-order valence-electron chi connectivity index (χ2n) is 3.58. The van der Waals surface area contributed by atoms with Crippen LogP contribution in [0.5, 0.6) is 0 Å². The molecule has 0 aromatic carbocycles. The number of H-pyrrole nitrogens is 1. The molecule has 0 aliphatic heterocycles. The summed E-state index contributed by atoms with van der Waals surface area (Å²) in [6.07, 6.45) is 5.49. The molecule has 0 spiro atoms. The van der Waals surface area contributed by atoms with Gasteiger partial charge in [-0.05, 0) is 25.7 Å². The van der Waals surface area contributed by atoms with Crippen LogP contribution in [-0.2, 0) is 0 Å². The van der Waals surface area contributed by atoms with Gasteiger partial charge in [0.1, 0.15) is 5.82 Å². The van der Waals surface area contributed by atoms with Gasteiger partial charge in [-0.1, -0.05) is 0 Å². The molecule has 1 unspecified atom stereocenters. The van der Waals surface area contributed by atoms with Gasteiger partial charge >= 0.3 is 0 Å². The van der Waals surface area contributed by atoms with Crippen LogP contribution in [0, 0.1) is 5.92 Å². The fourth-order valence-electron chi connectivity index (χ4n) is 1.41. The normalized spacial score (nSPS) is 18.2. The summed E-state index contributed by atoms with van der Waals surface area (Å²) in [6.45, 7) is 2.13. The standard InChI is InChI=1S/C9H13N3O/c1-6(7-2-3-7)11-8-4-10-5-9(13)12-8/h4-7H,2-3H2,1H3,(H2,11,12,13). The molecule has 0 saturated heterocycles. The molecule has 1 saturated carbocycles. The summed E-state index contributed by atoms with van der Waals surface area (Å²) in [5.41, 5.74) is -0.159. The van der Waals surface area contributed by atoms with Crippen molar-refractivity contribution in [3.63, 3.8) is 0 Å². The zero-order valence-electron chi connectivity index (χ0n) is 7.58. The molecular formula is C9H13N3O. The number of anilines is 1. The Morgan fingerprint density at radius 2 is 2.38 bits per heavy atom. The molecule has 1 fully saturated rings. The molecule has 1 atom stereocenters. The molecule has 1 aliphatic rings. The number of rotatable bonds is 3. The van der Waals surface area contributed by atoms with E-state index in [1.165, 1.54) is 19.0 Å². The molecule has 0 bridgehead atoms. The second-order valence-corrected chi connectivity index (χ2v) is 3.58. The van der Waals surface area contributed by atoms with Gasteiger partial charge in [0.15, 0.2) is 0 Å². The highest BCUT2D eigenvalue weighted by Crippen LogP contribution is 2.33. The molecule has 13 heavy (non-hydrogen) atoms. The topological polar surface area (TPSA) is 57.8 Å². The Bertz CT molecular complexity index is 343. The Morgan fingerprint density at radius 3 is 3.00 bits per heavy atom. The average Bonchev–Trinajstić information content (AvgIpc) is 2.85. The van der Waals surface area contributed by atoms with E-state index < -0.39 is 0 Å². The number of hydrogen-bond donors (Lipinski definition) is 2. The molecule has 2 N–H and O–H groups in total. The first-order valence-electron chi connectivity index (χ1n) is 4.56. The summed E-state index contributed by atoms with van der Waals surface area (Å²) < 4.78 is 0. The third-order valence-corrected chi connectivity index (χ3v) is 2.37. The zero-order chi connectivity index (χ0) is 9.26. The van der Waals surface area contributed by atoms with Crippen LogP contribution in [0.25, 0.3) is 0 Å². The number of aromatic nitrogens is 2. The summed E-state index contributed by atoms with van der Waals surface area (Å²) in [4.78, 5) is 17.4. The zero-order valence-corrected chi connectivity index (χ0v) is 7.58. The van der Waals surface area contributed by atoms with Gasteiger partial charge in [-0.25, -0.2) is 0 Å². The van der Waals surface area contributed by atoms with Gasteiger partial charge in [-0.3, -0.25) is 9.78 Å². The summed E-state index contributed by atoms with van der Waals surface area (Å²) in [5.74, 6) is 1.48. The maximum Gasteiger partial charge on any atom is 0.267 e. The van der Waals surface area contributed by atoms with Gasteiger partial charge in [0.25, 0.3) is 5.56 Å². The van der Waals surface area contributed by atoms with Crippen LogP contribution in [0.4, 0.5) is 5.82 Å². The minimum absolute atomic E-state index is 0.159. The van der Waals surface area contributed by atoms with Crippen LogP contribution in [0.1, 0.15) is 19.8 Å². The van der Waals surface area contributed by atoms with Crippen LogP contribution in [0.2, 0.25) is 0 Å². The van der Waals surface area contributed by atoms with E-state index in [2.05, 4.69) is 22.2 Å². The Balaban J connectivity index is 2.04. The molecule has 1 aliphatic carbocycles. The van der Waals surface area contributed by atoms with Gasteiger partial charge in [0.05, 0.1) is 12.4 Å². The van der Waals surface area contributed by atoms with Gasteiger partial charge in [0, 0.05) is 6.04 Å². The summed E-state index contributed by atoms with van der Waals surface area (Å²) in [7, 11) is 0. The second kappa shape index (κ2) is 3.20. The quantitative estimate of drug-likeness (QED) is 0.727. The predicted molar refractivity (Wildman–Crippen MR) is 50.7 cm³/mol. The van der Waals surface area contributed by atoms with Crippen LogP contribution < -0.4 is 10.9 Å². The fraction of sp³-hybridized carbons (Fsp3) is 0.556. The highest BCUT2D eigenvalue weighted by Gasteiger charge is 2.27. The highest BCUT2D eigenvalue weighted by atomic mass is 16.1. The number of hydrogen-bond acceptors (Lipinski definition) is 3. The van der Waals surface area contributed by atoms with Crippen molar-refractivity contribution in [2.24, 2.45) is 5.92 Å². The van der Waals surface area contributed by atoms with Crippen molar-refractivity contribution in [3.05, 3.63) is 22.7 Å². The van der Waals surface area contributed by atoms with Crippen molar-refractivity contribution in [1.29, 1.82) is 0 Å². The third kappa shape index (κ3) is 2.08. The number of aromatic amines is 1. The van der Waals surface area contributed by atoms with Crippen LogP contribution >= 0.6 is 0 Å². The van der Waals surface area contributed by atoms with Crippen LogP contribution in [-0.4, -0.2) is 16.0 Å². The lowest BCUT2D eigenvalue weighted by Gasteiger charge is -2.12. The molecule has 0 amide bonds. The first-order valence-corrected chi connectivity index (χ1v) is 4.56. The Hall–Kier alpha value is -1.32. The fourth-order valence-corrected chi connectivity index (χ4v) is 1.41. The molecule has 4 nitrogen and oxygen atoms in total. The Morgan fingerprint density at radius 1 is 1.62 bits per heavy atom. The monoisotopic (exact) mass is 179 g/mol. The van der Waals surface area contributed by atoms with Gasteiger partial charge in [0.2, 0.25) is 0 Å². The first kappa shape index (κ1) is 8.29. The van der Waals surface area contributed by atoms with E-state index in [4.69, 9.17) is 0 Å². The lowest BCUT2D eigenvalue weighted by molar-refractivity contribution is 0.689. The largest absolute Gasteiger partial charge is 0.368 e. The molecule has 1 aromatic rings. The van der Waals surface area contributed by atoms with Crippen molar-refractivity contribution in [2.75, 3.05) is 5.32 Å². The minimum atomic E-state index is -0.159. The van der Waals surface area contributed by atoms with Crippen molar-refractivity contribution in [2.45, 2.75) is 25.8 Å². The summed E-state index contributed by atoms with van der Waals surface area (Å²) >= 11 is 0. The van der Waals surface area contributed by atoms with Crippen LogP contribution in [0.15, 0.2) is 17.2 Å². The van der Waals surface area contributed by atoms with E-state index in [1.54, 1.807) is 6.20 Å². The Kier molecular flexibility index (Phi) is 2.04. The molecular weight excluding hydrogens is 166 g/mol. The third-order valence-electron chi connectivity index (χ3n) is 2.37. The highest BCUT2D eigenvalue weighted by molar-refractivity contribution is 5.31. The van der Waals surface area contributed by atoms with E-state index in [0.717, 1.165) is 5.92 Å². The van der Waals surface area contributed by atoms with Gasteiger partial charge < -0.3 is 10.3 Å². The SMILES string of the molecule is CC(Nc1cncc(=O)[nH]1)C1CC1. The molecule has 0 radical (unpaired) electrons. The maximum atomic E-state index is 10.9. The van der Waals surface area contributed by atoms with E-state index >= 15 is 0 Å². The molecule has 2 rings (SSSR count). The maximum absolute atomic E-state index is 10.9. The van der Waals surface area contributed by atoms with E-state index in [9.17, 15) is 4.79 Å². The van der Waals surface area contributed by atoms with Crippen molar-refractivity contribution < 1.29 is 0 Å². The van der Waals surface area contributed by atoms with Crippen molar-refractivity contribution >= 4 is 5.82 Å². The molecule has 1 heterocycles. The van der Waals surface area contributed by atoms with Gasteiger partial charge in [-0.15, -0.1) is 0 Å². The lowest BCUT2D eigenvalue weighted by Crippen LogP contribution is -2.20. The van der Waals surface area contributed by atoms with Crippen LogP contribution in [0.3, 0.4) is 0 Å². The Labute approximate surface area is 76.4 Å². The smallest absolute Gasteiger partial charge is 0.267 e. The van der Waals surface area contributed by atoms with Crippen molar-refractivity contribution in [1.82, 2.24) is 9.97 Å². The summed E-state index contributed by atoms with van der Waals surface area (Å²) in [6, 6.07) is 0.430. The van der Waals surface area contributed by atoms with E-state index in [0.29, 0.717) is 11.9 Å². The number of nitrogens with one attached hydrogen (secondary N) is 2. The first-order chi connectivity index (χ1) is 6.25. The number of nitrogens with zero attached hydrogens (tertiary/aromatic N) is 1. The van der Waals surface area contributed by atoms with Gasteiger partial charge in [-0.2, -0.15) is 0 Å². The minimum Gasteiger partial charge on any atom is -0.368 e. The molecule has 70 valence electrons.